The molecule has 5 N–H and O–H groups in total. The maximum atomic E-state index is 15.2. The second-order valence-corrected chi connectivity index (χ2v) is 26.6. The van der Waals surface area contributed by atoms with Crippen molar-refractivity contribution in [1.29, 1.82) is 0 Å². The second-order valence-electron chi connectivity index (χ2n) is 26.6. The van der Waals surface area contributed by atoms with E-state index in [2.05, 4.69) is 21.3 Å². The largest absolute Gasteiger partial charge is 0.390 e. The van der Waals surface area contributed by atoms with Crippen LogP contribution in [0.1, 0.15) is 169 Å². The Morgan fingerprint density at radius 1 is 0.437 bits per heavy atom. The summed E-state index contributed by atoms with van der Waals surface area (Å²) in [6, 6.07) is -12.3. The second kappa shape index (κ2) is 36.4. The molecule has 12 atom stereocenters. The van der Waals surface area contributed by atoms with Crippen LogP contribution in [-0.2, 0) is 52.7 Å². The smallest absolute Gasteiger partial charge is 0.246 e. The zero-order valence-electron chi connectivity index (χ0n) is 57.5. The van der Waals surface area contributed by atoms with Crippen molar-refractivity contribution in [3.63, 3.8) is 0 Å². The minimum Gasteiger partial charge on any atom is -0.390 e. The normalized spacial score (nSPS) is 26.6. The highest BCUT2D eigenvalue weighted by Crippen LogP contribution is 2.26. The lowest BCUT2D eigenvalue weighted by atomic mass is 9.91. The van der Waals surface area contributed by atoms with Crippen molar-refractivity contribution in [2.24, 2.45) is 41.4 Å². The van der Waals surface area contributed by atoms with Gasteiger partial charge in [0.2, 0.25) is 65.0 Å². The van der Waals surface area contributed by atoms with Gasteiger partial charge in [-0.25, -0.2) is 0 Å². The number of hydrogen-bond donors (Lipinski definition) is 5. The number of carbonyl (C=O) groups excluding carboxylic acids is 11. The first-order chi connectivity index (χ1) is 40.2. The molecule has 0 aromatic heterocycles. The Labute approximate surface area is 521 Å². The molecule has 11 amide bonds. The van der Waals surface area contributed by atoms with E-state index in [1.54, 1.807) is 48.5 Å². The number of likely N-dealkylation sites (N-methyl/N-ethyl adjacent to an activating group) is 7. The molecule has 0 saturated carbocycles. The predicted molar refractivity (Wildman–Crippen MR) is 338 cm³/mol. The van der Waals surface area contributed by atoms with Gasteiger partial charge in [0.1, 0.15) is 60.4 Å². The van der Waals surface area contributed by atoms with E-state index in [4.69, 9.17) is 0 Å². The van der Waals surface area contributed by atoms with Gasteiger partial charge in [-0.05, 0) is 99.7 Å². The zero-order chi connectivity index (χ0) is 67.4. The SMILES string of the molecule is CC/C=C/C[C@@H](C)[C@@H](O)C1C(=O)NC(CC)C(=O)N(C)CC(=O)N(C)[C@H](CC(C)C)C(=O)N[C@H](C(C)C)C(=O)N(C)[C@H](CC(C)C)C(=O)NC(CC)C(=O)N[C@H](C)C(=O)N(C)[C@@H](CC(C)C)C(=O)N(C)[C@@H](CC(C)C)C(=O)N(C)[C@@H](C(C)C)C(=O)N1C. The van der Waals surface area contributed by atoms with Crippen LogP contribution in [0.3, 0.4) is 0 Å². The number of nitrogens with zero attached hydrogens (tertiary/aromatic N) is 7. The third-order valence-electron chi connectivity index (χ3n) is 16.5. The van der Waals surface area contributed by atoms with Gasteiger partial charge in [0.25, 0.3) is 0 Å². The molecule has 1 fully saturated rings. The highest BCUT2D eigenvalue weighted by molar-refractivity contribution is 5.99. The van der Waals surface area contributed by atoms with Crippen LogP contribution < -0.4 is 21.3 Å². The monoisotopic (exact) mass is 1230 g/mol. The fourth-order valence-corrected chi connectivity index (χ4v) is 11.0. The Kier molecular flexibility index (Phi) is 33.0. The number of aliphatic hydroxyl groups excluding tert-OH is 1. The molecule has 87 heavy (non-hydrogen) atoms. The predicted octanol–water partition coefficient (Wildman–Crippen LogP) is 4.05. The fraction of sp³-hybridized carbons (Fsp3) is 0.797. The van der Waals surface area contributed by atoms with Crippen LogP contribution in [0.2, 0.25) is 0 Å². The highest BCUT2D eigenvalue weighted by Gasteiger charge is 2.46. The van der Waals surface area contributed by atoms with Crippen molar-refractivity contribution < 1.29 is 57.8 Å². The van der Waals surface area contributed by atoms with E-state index in [-0.39, 0.29) is 62.2 Å². The molecule has 498 valence electrons. The van der Waals surface area contributed by atoms with Gasteiger partial charge in [0.15, 0.2) is 0 Å². The van der Waals surface area contributed by atoms with Crippen LogP contribution in [0.5, 0.6) is 0 Å². The quantitative estimate of drug-likeness (QED) is 0.129. The third kappa shape index (κ3) is 22.5. The van der Waals surface area contributed by atoms with E-state index in [1.807, 2.05) is 74.5 Å². The molecule has 23 nitrogen and oxygen atoms in total. The minimum absolute atomic E-state index is 0.0237. The molecule has 0 aromatic rings. The zero-order valence-corrected chi connectivity index (χ0v) is 57.5. The summed E-state index contributed by atoms with van der Waals surface area (Å²) in [4.78, 5) is 170. The van der Waals surface area contributed by atoms with Crippen molar-refractivity contribution >= 4 is 65.0 Å². The van der Waals surface area contributed by atoms with Crippen LogP contribution in [0.15, 0.2) is 12.2 Å². The van der Waals surface area contributed by atoms with Crippen LogP contribution in [0, 0.1) is 41.4 Å². The fourth-order valence-electron chi connectivity index (χ4n) is 11.0. The Bertz CT molecular complexity index is 2360. The summed E-state index contributed by atoms with van der Waals surface area (Å²) in [5.74, 6) is -9.62. The summed E-state index contributed by atoms with van der Waals surface area (Å²) in [6.07, 6.45) is 4.04. The maximum absolute atomic E-state index is 15.2. The van der Waals surface area contributed by atoms with Gasteiger partial charge < -0.3 is 60.7 Å². The summed E-state index contributed by atoms with van der Waals surface area (Å²) in [5, 5.41) is 23.3. The van der Waals surface area contributed by atoms with Crippen LogP contribution in [0.25, 0.3) is 0 Å². The molecule has 0 spiro atoms. The van der Waals surface area contributed by atoms with Crippen LogP contribution >= 0.6 is 0 Å². The van der Waals surface area contributed by atoms with Crippen molar-refractivity contribution in [2.75, 3.05) is 55.9 Å². The number of amides is 11. The van der Waals surface area contributed by atoms with Crippen molar-refractivity contribution in [1.82, 2.24) is 55.6 Å². The topological polar surface area (TPSA) is 279 Å². The molecule has 0 radical (unpaired) electrons. The van der Waals surface area contributed by atoms with Gasteiger partial charge in [-0.3, -0.25) is 52.7 Å². The standard InChI is InChI=1S/C64H115N11O12/c1-25-28-29-30-42(16)54(77)53-58(81)67-45(27-3)60(83)69(18)35-50(76)70(19)46(31-36(4)5)57(80)68-51(40(12)13)63(86)71(20)47(32-37(6)7)56(79)66-44(26-2)55(78)65-43(17)59(82)72(21)48(33-38(8)9)61(84)73(22)49(34-39(10)11)62(85)74(23)52(41(14)15)64(87)75(53)24/h28-29,36-49,51-54,77H,25-27,30-35H2,1-24H3,(H,65,78)(H,66,79)(H,67,81)(H,68,80)/b29-28+/t42-,43-,44?,45?,46-,47-,48+,49+,51-,52+,53?,54-/m1/s1. The van der Waals surface area contributed by atoms with E-state index in [9.17, 15) is 43.5 Å². The first-order valence-corrected chi connectivity index (χ1v) is 31.6. The molecular formula is C64H115N11O12. The number of nitrogens with one attached hydrogen (secondary N) is 4. The Morgan fingerprint density at radius 2 is 0.851 bits per heavy atom. The average molecular weight is 1230 g/mol. The molecule has 0 bridgehead atoms. The molecule has 3 unspecified atom stereocenters. The maximum Gasteiger partial charge on any atom is 0.246 e. The molecule has 1 saturated heterocycles. The summed E-state index contributed by atoms with van der Waals surface area (Å²) in [6.45, 7) is 29.8. The average Bonchev–Trinajstić information content (AvgIpc) is 1.31. The summed E-state index contributed by atoms with van der Waals surface area (Å²) < 4.78 is 0. The van der Waals surface area contributed by atoms with E-state index in [0.717, 1.165) is 9.80 Å². The molecule has 1 heterocycles. The van der Waals surface area contributed by atoms with Gasteiger partial charge in [-0.2, -0.15) is 0 Å². The van der Waals surface area contributed by atoms with Gasteiger partial charge >= 0.3 is 0 Å². The molecule has 1 aliphatic rings. The van der Waals surface area contributed by atoms with Gasteiger partial charge in [0.05, 0.1) is 12.6 Å². The Balaban J connectivity index is 4.37. The minimum atomic E-state index is -1.61. The Morgan fingerprint density at radius 3 is 1.30 bits per heavy atom. The molecule has 0 aliphatic carbocycles. The summed E-state index contributed by atoms with van der Waals surface area (Å²) in [7, 11) is 9.97. The Hall–Kier alpha value is -6.13. The summed E-state index contributed by atoms with van der Waals surface area (Å²) >= 11 is 0. The molecule has 1 aliphatic heterocycles. The van der Waals surface area contributed by atoms with Gasteiger partial charge in [-0.15, -0.1) is 0 Å². The van der Waals surface area contributed by atoms with Crippen molar-refractivity contribution in [3.05, 3.63) is 12.2 Å². The van der Waals surface area contributed by atoms with Crippen molar-refractivity contribution in [3.8, 4) is 0 Å². The highest BCUT2D eigenvalue weighted by atomic mass is 16.3. The number of allylic oxidation sites excluding steroid dienone is 2. The number of carbonyl (C=O) groups is 11. The molecular weight excluding hydrogens is 1110 g/mol. The lowest BCUT2D eigenvalue weighted by Crippen LogP contribution is -2.63. The van der Waals surface area contributed by atoms with Gasteiger partial charge in [0, 0.05) is 49.3 Å². The lowest BCUT2D eigenvalue weighted by Gasteiger charge is -2.41. The van der Waals surface area contributed by atoms with E-state index >= 15 is 14.4 Å². The number of rotatable bonds is 17. The van der Waals surface area contributed by atoms with E-state index < -0.39 is 156 Å². The van der Waals surface area contributed by atoms with Crippen LogP contribution in [0.4, 0.5) is 0 Å². The molecule has 0 aromatic carbocycles. The molecule has 1 rings (SSSR count). The number of aliphatic hydroxyl groups is 1. The van der Waals surface area contributed by atoms with Crippen LogP contribution in [-0.4, -0.2) is 227 Å². The van der Waals surface area contributed by atoms with Gasteiger partial charge in [-0.1, -0.05) is 123 Å². The summed E-state index contributed by atoms with van der Waals surface area (Å²) in [5.41, 5.74) is 0. The molecule has 23 heteroatoms. The van der Waals surface area contributed by atoms with E-state index in [1.165, 1.54) is 80.8 Å². The third-order valence-corrected chi connectivity index (χ3v) is 16.5. The first-order valence-electron chi connectivity index (χ1n) is 31.6. The number of hydrogen-bond acceptors (Lipinski definition) is 12. The van der Waals surface area contributed by atoms with Crippen molar-refractivity contribution in [2.45, 2.75) is 236 Å². The first kappa shape index (κ1) is 78.9. The van der Waals surface area contributed by atoms with E-state index in [0.29, 0.717) is 12.8 Å². The lowest BCUT2D eigenvalue weighted by molar-refractivity contribution is -0.157.